The molecule has 1 saturated heterocycles. The van der Waals surface area contributed by atoms with Crippen LogP contribution in [-0.4, -0.2) is 57.0 Å². The quantitative estimate of drug-likeness (QED) is 0.646. The van der Waals surface area contributed by atoms with E-state index in [0.717, 1.165) is 15.7 Å². The largest absolute Gasteiger partial charge is 0.452 e. The Morgan fingerprint density at radius 1 is 1.21 bits per heavy atom. The van der Waals surface area contributed by atoms with Crippen LogP contribution in [0.5, 0.6) is 0 Å². The lowest BCUT2D eigenvalue weighted by molar-refractivity contribution is -0.157. The standard InChI is InChI=1S/C19H21N3O6S/c1-13(18(24)22-11-10-20-19(22)25)28-17(23)8-9-21-29(26,27)16-7-6-14-4-2-3-5-15(14)12-16/h2-7,12-13,21H,8-11H2,1H3,(H,20,25)/t13-/m0/s1. The zero-order valence-corrected chi connectivity index (χ0v) is 16.6. The van der Waals surface area contributed by atoms with Crippen molar-refractivity contribution in [1.29, 1.82) is 0 Å². The summed E-state index contributed by atoms with van der Waals surface area (Å²) in [6, 6.07) is 11.6. The van der Waals surface area contributed by atoms with E-state index in [1.165, 1.54) is 13.0 Å². The third kappa shape index (κ3) is 4.90. The molecule has 0 bridgehead atoms. The van der Waals surface area contributed by atoms with E-state index in [0.29, 0.717) is 6.54 Å². The van der Waals surface area contributed by atoms with Crippen LogP contribution in [0.25, 0.3) is 10.8 Å². The van der Waals surface area contributed by atoms with Gasteiger partial charge >= 0.3 is 12.0 Å². The highest BCUT2D eigenvalue weighted by molar-refractivity contribution is 7.89. The summed E-state index contributed by atoms with van der Waals surface area (Å²) < 4.78 is 32.2. The molecule has 9 nitrogen and oxygen atoms in total. The van der Waals surface area contributed by atoms with Gasteiger partial charge in [-0.25, -0.2) is 17.9 Å². The summed E-state index contributed by atoms with van der Waals surface area (Å²) in [7, 11) is -3.80. The van der Waals surface area contributed by atoms with Gasteiger partial charge in [0.15, 0.2) is 6.10 Å². The smallest absolute Gasteiger partial charge is 0.324 e. The van der Waals surface area contributed by atoms with E-state index in [9.17, 15) is 22.8 Å². The third-order valence-corrected chi connectivity index (χ3v) is 5.89. The normalized spacial score (nSPS) is 15.2. The van der Waals surface area contributed by atoms with Crippen LogP contribution in [0, 0.1) is 0 Å². The van der Waals surface area contributed by atoms with E-state index >= 15 is 0 Å². The number of fused-ring (bicyclic) bond motifs is 1. The van der Waals surface area contributed by atoms with Crippen molar-refractivity contribution in [2.75, 3.05) is 19.6 Å². The molecule has 1 atom stereocenters. The number of imide groups is 1. The van der Waals surface area contributed by atoms with Crippen LogP contribution < -0.4 is 10.0 Å². The molecule has 1 aliphatic heterocycles. The molecule has 0 aliphatic carbocycles. The molecule has 0 radical (unpaired) electrons. The number of hydrogen-bond donors (Lipinski definition) is 2. The number of nitrogens with zero attached hydrogens (tertiary/aromatic N) is 1. The molecule has 0 spiro atoms. The summed E-state index contributed by atoms with van der Waals surface area (Å²) in [5, 5.41) is 4.19. The molecular formula is C19H21N3O6S. The highest BCUT2D eigenvalue weighted by atomic mass is 32.2. The van der Waals surface area contributed by atoms with Crippen LogP contribution in [-0.2, 0) is 24.3 Å². The number of rotatable bonds is 7. The average molecular weight is 419 g/mol. The molecule has 1 aliphatic rings. The zero-order valence-electron chi connectivity index (χ0n) is 15.8. The van der Waals surface area contributed by atoms with Crippen molar-refractivity contribution in [2.24, 2.45) is 0 Å². The molecule has 10 heteroatoms. The number of urea groups is 1. The first-order chi connectivity index (χ1) is 13.8. The Morgan fingerprint density at radius 3 is 2.62 bits per heavy atom. The Hall–Kier alpha value is -2.98. The number of carbonyl (C=O) groups excluding carboxylic acids is 3. The molecule has 3 rings (SSSR count). The van der Waals surface area contributed by atoms with Gasteiger partial charge in [0.2, 0.25) is 10.0 Å². The van der Waals surface area contributed by atoms with Gasteiger partial charge in [0.25, 0.3) is 5.91 Å². The first kappa shape index (κ1) is 20.7. The Labute approximate surface area is 168 Å². The summed E-state index contributed by atoms with van der Waals surface area (Å²) in [5.74, 6) is -1.36. The van der Waals surface area contributed by atoms with Gasteiger partial charge in [-0.15, -0.1) is 0 Å². The van der Waals surface area contributed by atoms with Gasteiger partial charge in [-0.1, -0.05) is 30.3 Å². The van der Waals surface area contributed by atoms with Crippen molar-refractivity contribution in [3.05, 3.63) is 42.5 Å². The minimum atomic E-state index is -3.80. The van der Waals surface area contributed by atoms with Crippen molar-refractivity contribution in [2.45, 2.75) is 24.3 Å². The number of ether oxygens (including phenoxy) is 1. The Kier molecular flexibility index (Phi) is 6.14. The number of amides is 3. The first-order valence-corrected chi connectivity index (χ1v) is 10.5. The number of benzene rings is 2. The topological polar surface area (TPSA) is 122 Å². The van der Waals surface area contributed by atoms with Gasteiger partial charge in [-0.05, 0) is 29.8 Å². The monoisotopic (exact) mass is 419 g/mol. The number of carbonyl (C=O) groups is 3. The molecule has 2 N–H and O–H groups in total. The first-order valence-electron chi connectivity index (χ1n) is 9.05. The molecule has 154 valence electrons. The average Bonchev–Trinajstić information content (AvgIpc) is 3.12. The van der Waals surface area contributed by atoms with Crippen LogP contribution in [0.2, 0.25) is 0 Å². The van der Waals surface area contributed by atoms with E-state index in [4.69, 9.17) is 4.74 Å². The summed E-state index contributed by atoms with van der Waals surface area (Å²) >= 11 is 0. The number of nitrogens with one attached hydrogen (secondary N) is 2. The molecule has 3 amide bonds. The maximum atomic E-state index is 12.4. The van der Waals surface area contributed by atoms with E-state index in [1.54, 1.807) is 12.1 Å². The second-order valence-corrected chi connectivity index (χ2v) is 8.28. The van der Waals surface area contributed by atoms with Crippen LogP contribution in [0.3, 0.4) is 0 Å². The van der Waals surface area contributed by atoms with Gasteiger partial charge in [-0.2, -0.15) is 0 Å². The van der Waals surface area contributed by atoms with Gasteiger partial charge in [0, 0.05) is 19.6 Å². The Bertz CT molecular complexity index is 1050. The predicted molar refractivity (Wildman–Crippen MR) is 104 cm³/mol. The zero-order chi connectivity index (χ0) is 21.0. The lowest BCUT2D eigenvalue weighted by atomic mass is 10.1. The number of esters is 1. The van der Waals surface area contributed by atoms with Crippen molar-refractivity contribution >= 4 is 38.7 Å². The van der Waals surface area contributed by atoms with Crippen molar-refractivity contribution in [1.82, 2.24) is 14.9 Å². The SMILES string of the molecule is C[C@H](OC(=O)CCNS(=O)(=O)c1ccc2ccccc2c1)C(=O)N1CCNC1=O. The summed E-state index contributed by atoms with van der Waals surface area (Å²) in [5.41, 5.74) is 0. The summed E-state index contributed by atoms with van der Waals surface area (Å²) in [4.78, 5) is 36.6. The molecule has 1 heterocycles. The molecule has 2 aromatic rings. The minimum Gasteiger partial charge on any atom is -0.452 e. The maximum Gasteiger partial charge on any atom is 0.324 e. The molecule has 29 heavy (non-hydrogen) atoms. The lowest BCUT2D eigenvalue weighted by Crippen LogP contribution is -2.42. The van der Waals surface area contributed by atoms with Crippen LogP contribution in [0.4, 0.5) is 4.79 Å². The van der Waals surface area contributed by atoms with E-state index in [2.05, 4.69) is 10.0 Å². The van der Waals surface area contributed by atoms with Crippen LogP contribution in [0.1, 0.15) is 13.3 Å². The Morgan fingerprint density at radius 2 is 1.93 bits per heavy atom. The van der Waals surface area contributed by atoms with Gasteiger partial charge in [0.1, 0.15) is 0 Å². The van der Waals surface area contributed by atoms with Gasteiger partial charge in [-0.3, -0.25) is 14.5 Å². The van der Waals surface area contributed by atoms with Crippen molar-refractivity contribution in [3.63, 3.8) is 0 Å². The lowest BCUT2D eigenvalue weighted by Gasteiger charge is -2.18. The highest BCUT2D eigenvalue weighted by Gasteiger charge is 2.31. The maximum absolute atomic E-state index is 12.4. The molecule has 1 fully saturated rings. The summed E-state index contributed by atoms with van der Waals surface area (Å²) in [6.07, 6.45) is -1.39. The molecule has 0 aromatic heterocycles. The second kappa shape index (κ2) is 8.58. The van der Waals surface area contributed by atoms with Gasteiger partial charge in [0.05, 0.1) is 11.3 Å². The number of sulfonamides is 1. The minimum absolute atomic E-state index is 0.0909. The van der Waals surface area contributed by atoms with Crippen LogP contribution >= 0.6 is 0 Å². The van der Waals surface area contributed by atoms with E-state index < -0.39 is 34.0 Å². The number of hydrogen-bond acceptors (Lipinski definition) is 6. The van der Waals surface area contributed by atoms with Gasteiger partial charge < -0.3 is 10.1 Å². The second-order valence-electron chi connectivity index (χ2n) is 6.51. The van der Waals surface area contributed by atoms with Crippen LogP contribution in [0.15, 0.2) is 47.4 Å². The van der Waals surface area contributed by atoms with Crippen molar-refractivity contribution in [3.8, 4) is 0 Å². The summed E-state index contributed by atoms with van der Waals surface area (Å²) in [6.45, 7) is 1.75. The van der Waals surface area contributed by atoms with Crippen molar-refractivity contribution < 1.29 is 27.5 Å². The van der Waals surface area contributed by atoms with E-state index in [-0.39, 0.29) is 24.4 Å². The highest BCUT2D eigenvalue weighted by Crippen LogP contribution is 2.18. The fraction of sp³-hybridized carbons (Fsp3) is 0.316. The fourth-order valence-electron chi connectivity index (χ4n) is 2.91. The fourth-order valence-corrected chi connectivity index (χ4v) is 3.98. The molecular weight excluding hydrogens is 398 g/mol. The van der Waals surface area contributed by atoms with E-state index in [1.807, 2.05) is 24.3 Å². The predicted octanol–water partition coefficient (Wildman–Crippen LogP) is 0.992. The molecule has 0 unspecified atom stereocenters. The Balaban J connectivity index is 1.52. The molecule has 0 saturated carbocycles. The third-order valence-electron chi connectivity index (χ3n) is 4.43. The molecule has 2 aromatic carbocycles.